The molecule has 4 heteroatoms. The van der Waals surface area contributed by atoms with Crippen molar-refractivity contribution in [2.75, 3.05) is 0 Å². The lowest BCUT2D eigenvalue weighted by molar-refractivity contribution is 0.113. The van der Waals surface area contributed by atoms with Crippen molar-refractivity contribution in [3.63, 3.8) is 0 Å². The van der Waals surface area contributed by atoms with Crippen molar-refractivity contribution in [3.8, 4) is 6.07 Å². The van der Waals surface area contributed by atoms with Crippen molar-refractivity contribution in [1.29, 1.82) is 5.26 Å². The van der Waals surface area contributed by atoms with E-state index in [1.54, 1.807) is 12.1 Å². The number of benzene rings is 1. The minimum absolute atomic E-state index is 0.128. The molecule has 1 aromatic rings. The van der Waals surface area contributed by atoms with E-state index in [1.165, 1.54) is 12.8 Å². The van der Waals surface area contributed by atoms with Gasteiger partial charge in [0.1, 0.15) is 0 Å². The first-order valence-corrected chi connectivity index (χ1v) is 9.06. The van der Waals surface area contributed by atoms with E-state index in [0.717, 1.165) is 24.0 Å². The van der Waals surface area contributed by atoms with E-state index >= 15 is 0 Å². The van der Waals surface area contributed by atoms with Gasteiger partial charge in [0.15, 0.2) is 14.6 Å². The Bertz CT molecular complexity index is 714. The van der Waals surface area contributed by atoms with Gasteiger partial charge in [0.25, 0.3) is 0 Å². The van der Waals surface area contributed by atoms with Crippen molar-refractivity contribution in [2.45, 2.75) is 62.0 Å². The summed E-state index contributed by atoms with van der Waals surface area (Å²) in [5.41, 5.74) is 2.16. The van der Waals surface area contributed by atoms with Gasteiger partial charge in [0.2, 0.25) is 0 Å². The van der Waals surface area contributed by atoms with Crippen LogP contribution in [0.15, 0.2) is 23.1 Å². The van der Waals surface area contributed by atoms with E-state index in [0.29, 0.717) is 17.7 Å². The van der Waals surface area contributed by atoms with Gasteiger partial charge in [-0.2, -0.15) is 5.26 Å². The molecule has 3 nitrogen and oxygen atoms in total. The summed E-state index contributed by atoms with van der Waals surface area (Å²) in [4.78, 5) is 0.306. The first-order valence-electron chi connectivity index (χ1n) is 7.57. The summed E-state index contributed by atoms with van der Waals surface area (Å²) in [6.45, 7) is 3.87. The van der Waals surface area contributed by atoms with Crippen molar-refractivity contribution in [2.24, 2.45) is 5.41 Å². The molecule has 2 aliphatic carbocycles. The minimum Gasteiger partial charge on any atom is -0.222 e. The molecule has 0 unspecified atom stereocenters. The third kappa shape index (κ3) is 2.02. The average Bonchev–Trinajstić information content (AvgIpc) is 2.88. The van der Waals surface area contributed by atoms with Crippen molar-refractivity contribution < 1.29 is 8.42 Å². The third-order valence-corrected chi connectivity index (χ3v) is 7.78. The minimum atomic E-state index is -3.58. The maximum absolute atomic E-state index is 12.9. The molecule has 2 fully saturated rings. The molecule has 0 atom stereocenters. The predicted molar refractivity (Wildman–Crippen MR) is 81.6 cm³/mol. The van der Waals surface area contributed by atoms with Crippen LogP contribution in [0.4, 0.5) is 0 Å². The average molecular weight is 303 g/mol. The fourth-order valence-electron chi connectivity index (χ4n) is 4.07. The van der Waals surface area contributed by atoms with Crippen LogP contribution in [-0.2, 0) is 9.84 Å². The number of hydrogen-bond donors (Lipinski definition) is 0. The predicted octanol–water partition coefficient (Wildman–Crippen LogP) is 3.69. The van der Waals surface area contributed by atoms with E-state index in [2.05, 4.69) is 6.07 Å². The summed E-state index contributed by atoms with van der Waals surface area (Å²) >= 11 is 0. The van der Waals surface area contributed by atoms with Crippen LogP contribution in [0.5, 0.6) is 0 Å². The SMILES string of the molecule is Cc1ccc(S(=O)(=O)C2(C#N)CC3(CCCC3)C2)cc1C. The van der Waals surface area contributed by atoms with Gasteiger partial charge in [-0.05, 0) is 68.2 Å². The highest BCUT2D eigenvalue weighted by atomic mass is 32.2. The van der Waals surface area contributed by atoms with Gasteiger partial charge in [0, 0.05) is 0 Å². The van der Waals surface area contributed by atoms with Gasteiger partial charge < -0.3 is 0 Å². The Morgan fingerprint density at radius 1 is 1.10 bits per heavy atom. The maximum Gasteiger partial charge on any atom is 0.197 e. The maximum atomic E-state index is 12.9. The molecule has 2 aliphatic rings. The van der Waals surface area contributed by atoms with Crippen LogP contribution in [0.1, 0.15) is 49.7 Å². The summed E-state index contributed by atoms with van der Waals surface area (Å²) in [6.07, 6.45) is 5.55. The molecule has 0 heterocycles. The number of hydrogen-bond acceptors (Lipinski definition) is 3. The zero-order valence-corrected chi connectivity index (χ0v) is 13.5. The van der Waals surface area contributed by atoms with E-state index in [9.17, 15) is 13.7 Å². The largest absolute Gasteiger partial charge is 0.222 e. The molecule has 0 saturated heterocycles. The van der Waals surface area contributed by atoms with E-state index in [1.807, 2.05) is 19.9 Å². The standard InChI is InChI=1S/C17H21NO2S/c1-13-5-6-15(9-14(13)2)21(19,20)17(12-18)10-16(11-17)7-3-4-8-16/h5-6,9H,3-4,7-8,10-11H2,1-2H3. The van der Waals surface area contributed by atoms with E-state index in [4.69, 9.17) is 0 Å². The highest BCUT2D eigenvalue weighted by Gasteiger charge is 2.62. The van der Waals surface area contributed by atoms with E-state index in [-0.39, 0.29) is 5.41 Å². The molecule has 3 rings (SSSR count). The van der Waals surface area contributed by atoms with Gasteiger partial charge in [-0.3, -0.25) is 0 Å². The van der Waals surface area contributed by atoms with Gasteiger partial charge in [-0.25, -0.2) is 8.42 Å². The summed E-state index contributed by atoms with van der Waals surface area (Å²) in [5.74, 6) is 0. The number of nitrogens with zero attached hydrogens (tertiary/aromatic N) is 1. The fourth-order valence-corrected chi connectivity index (χ4v) is 6.22. The summed E-state index contributed by atoms with van der Waals surface area (Å²) < 4.78 is 24.7. The fraction of sp³-hybridized carbons (Fsp3) is 0.588. The van der Waals surface area contributed by atoms with Crippen LogP contribution in [0.2, 0.25) is 0 Å². The van der Waals surface area contributed by atoms with Crippen molar-refractivity contribution in [3.05, 3.63) is 29.3 Å². The smallest absolute Gasteiger partial charge is 0.197 e. The highest BCUT2D eigenvalue weighted by molar-refractivity contribution is 7.93. The Labute approximate surface area is 126 Å². The lowest BCUT2D eigenvalue weighted by atomic mass is 9.61. The molecule has 21 heavy (non-hydrogen) atoms. The number of aryl methyl sites for hydroxylation is 2. The second-order valence-corrected chi connectivity index (χ2v) is 9.18. The van der Waals surface area contributed by atoms with Crippen molar-refractivity contribution in [1.82, 2.24) is 0 Å². The Balaban J connectivity index is 1.97. The highest BCUT2D eigenvalue weighted by Crippen LogP contribution is 2.61. The summed E-state index contributed by atoms with van der Waals surface area (Å²) in [7, 11) is -3.58. The first kappa shape index (κ1) is 14.6. The molecule has 112 valence electrons. The Hall–Kier alpha value is -1.34. The Morgan fingerprint density at radius 2 is 1.71 bits per heavy atom. The molecular formula is C17H21NO2S. The van der Waals surface area contributed by atoms with Gasteiger partial charge in [-0.1, -0.05) is 18.9 Å². The molecule has 2 saturated carbocycles. The lowest BCUT2D eigenvalue weighted by Crippen LogP contribution is -2.54. The topological polar surface area (TPSA) is 57.9 Å². The molecule has 0 aromatic heterocycles. The van der Waals surface area contributed by atoms with Gasteiger partial charge in [-0.15, -0.1) is 0 Å². The quantitative estimate of drug-likeness (QED) is 0.837. The van der Waals surface area contributed by atoms with Crippen LogP contribution in [0.3, 0.4) is 0 Å². The molecule has 1 aromatic carbocycles. The molecule has 0 N–H and O–H groups in total. The Morgan fingerprint density at radius 3 is 2.24 bits per heavy atom. The number of sulfone groups is 1. The van der Waals surface area contributed by atoms with Gasteiger partial charge >= 0.3 is 0 Å². The molecule has 0 aliphatic heterocycles. The zero-order chi connectivity index (χ0) is 15.3. The van der Waals surface area contributed by atoms with Gasteiger partial charge in [0.05, 0.1) is 11.0 Å². The van der Waals surface area contributed by atoms with E-state index < -0.39 is 14.6 Å². The molecule has 0 bridgehead atoms. The molecule has 0 amide bonds. The zero-order valence-electron chi connectivity index (χ0n) is 12.6. The third-order valence-electron chi connectivity index (χ3n) is 5.49. The molecule has 0 radical (unpaired) electrons. The van der Waals surface area contributed by atoms with Crippen molar-refractivity contribution >= 4 is 9.84 Å². The summed E-state index contributed by atoms with van der Waals surface area (Å²) in [6, 6.07) is 7.34. The van der Waals surface area contributed by atoms with Crippen LogP contribution >= 0.6 is 0 Å². The molecule has 1 spiro atoms. The first-order chi connectivity index (χ1) is 9.84. The van der Waals surface area contributed by atoms with Crippen LogP contribution in [0, 0.1) is 30.6 Å². The van der Waals surface area contributed by atoms with Crippen LogP contribution < -0.4 is 0 Å². The number of rotatable bonds is 2. The lowest BCUT2D eigenvalue weighted by Gasteiger charge is -2.50. The monoisotopic (exact) mass is 303 g/mol. The normalized spacial score (nSPS) is 22.7. The Kier molecular flexibility index (Phi) is 3.18. The second-order valence-electron chi connectivity index (χ2n) is 6.92. The van der Waals surface area contributed by atoms with Crippen LogP contribution in [0.25, 0.3) is 0 Å². The summed E-state index contributed by atoms with van der Waals surface area (Å²) in [5, 5.41) is 9.57. The second kappa shape index (κ2) is 4.58. The van der Waals surface area contributed by atoms with Crippen LogP contribution in [-0.4, -0.2) is 13.2 Å². The number of nitriles is 1. The molecular weight excluding hydrogens is 282 g/mol.